The number of rotatable bonds is 6. The topological polar surface area (TPSA) is 260 Å². The number of oxime groups is 1. The van der Waals surface area contributed by atoms with E-state index in [0.717, 1.165) is 26.4 Å². The van der Waals surface area contributed by atoms with E-state index in [0.29, 0.717) is 0 Å². The third kappa shape index (κ3) is 4.63. The van der Waals surface area contributed by atoms with Gasteiger partial charge in [-0.25, -0.2) is 4.79 Å². The Kier molecular flexibility index (Phi) is 8.82. The number of ether oxygens (including phenoxy) is 5. The van der Waals surface area contributed by atoms with E-state index in [9.17, 15) is 49.9 Å². The molecule has 4 aliphatic rings. The van der Waals surface area contributed by atoms with Crippen molar-refractivity contribution < 1.29 is 73.6 Å². The smallest absolute Gasteiger partial charge is 0.341 e. The SMILES string of the molecule is COC(=O)c1c(C)cc2c(c1O)[C@]1(O)C(=O)c3cc4c(c(O)c3C(=O)[C@]1(OC)[C@H](O)C2)C(=NO)C=C(N[C@H]1O[C@@H](C)[C@H](OC)[C@@H](O)[C@H]1OC)C4=O. The number of phenols is 2. The molecule has 1 saturated heterocycles. The summed E-state index contributed by atoms with van der Waals surface area (Å²) in [7, 11) is 4.65. The number of aliphatic hydroxyl groups is 3. The number of hydrogen-bond acceptors (Lipinski definition) is 17. The van der Waals surface area contributed by atoms with E-state index >= 15 is 0 Å². The van der Waals surface area contributed by atoms with Gasteiger partial charge in [0.1, 0.15) is 41.1 Å². The Labute approximate surface area is 289 Å². The molecule has 0 saturated carbocycles. The molecule has 1 fully saturated rings. The summed E-state index contributed by atoms with van der Waals surface area (Å²) in [6.07, 6.45) is -6.31. The molecule has 17 nitrogen and oxygen atoms in total. The molecule has 272 valence electrons. The molecule has 0 aromatic heterocycles. The number of fused-ring (bicyclic) bond motifs is 5. The van der Waals surface area contributed by atoms with Crippen LogP contribution in [-0.2, 0) is 35.7 Å². The van der Waals surface area contributed by atoms with E-state index in [1.165, 1.54) is 27.2 Å². The lowest BCUT2D eigenvalue weighted by Crippen LogP contribution is -2.73. The van der Waals surface area contributed by atoms with Crippen molar-refractivity contribution in [3.63, 3.8) is 0 Å². The number of esters is 1. The number of methoxy groups -OCH3 is 4. The number of phenolic OH excluding ortho intramolecular Hbond substituents is 2. The fraction of sp³-hybridized carbons (Fsp3) is 0.441. The maximum absolute atomic E-state index is 14.7. The molecule has 0 unspecified atom stereocenters. The minimum atomic E-state index is -3.23. The minimum Gasteiger partial charge on any atom is -0.507 e. The highest BCUT2D eigenvalue weighted by Gasteiger charge is 2.72. The zero-order valence-corrected chi connectivity index (χ0v) is 28.2. The molecular weight excluding hydrogens is 676 g/mol. The van der Waals surface area contributed by atoms with Crippen LogP contribution in [0.15, 0.2) is 29.1 Å². The Bertz CT molecular complexity index is 1960. The molecule has 0 amide bonds. The number of aromatic hydroxyl groups is 2. The predicted molar refractivity (Wildman–Crippen MR) is 170 cm³/mol. The van der Waals surface area contributed by atoms with Crippen LogP contribution in [0, 0.1) is 6.92 Å². The Hall–Kier alpha value is -4.75. The van der Waals surface area contributed by atoms with Crippen molar-refractivity contribution in [2.24, 2.45) is 5.16 Å². The molecule has 1 aliphatic heterocycles. The molecule has 2 aromatic carbocycles. The van der Waals surface area contributed by atoms with Gasteiger partial charge in [-0.1, -0.05) is 11.2 Å². The van der Waals surface area contributed by atoms with Crippen LogP contribution in [0.5, 0.6) is 11.5 Å². The second-order valence-corrected chi connectivity index (χ2v) is 12.7. The lowest BCUT2D eigenvalue weighted by molar-refractivity contribution is -0.236. The van der Waals surface area contributed by atoms with Gasteiger partial charge in [0.15, 0.2) is 17.4 Å². The maximum Gasteiger partial charge on any atom is 0.341 e. The molecule has 8 atom stereocenters. The predicted octanol–water partition coefficient (Wildman–Crippen LogP) is -0.254. The number of nitrogens with one attached hydrogen (secondary N) is 1. The molecular formula is C34H36N2O15. The lowest BCUT2D eigenvalue weighted by Gasteiger charge is -2.53. The zero-order valence-electron chi connectivity index (χ0n) is 28.2. The van der Waals surface area contributed by atoms with Gasteiger partial charge in [-0.05, 0) is 37.1 Å². The van der Waals surface area contributed by atoms with Gasteiger partial charge < -0.3 is 59.7 Å². The second kappa shape index (κ2) is 12.5. The van der Waals surface area contributed by atoms with E-state index in [2.05, 4.69) is 10.5 Å². The summed E-state index contributed by atoms with van der Waals surface area (Å²) in [5.74, 6) is -6.55. The minimum absolute atomic E-state index is 0.000358. The summed E-state index contributed by atoms with van der Waals surface area (Å²) in [5.41, 5.74) is -10.2. The number of hydrogen-bond donors (Lipinski definition) is 7. The second-order valence-electron chi connectivity index (χ2n) is 12.7. The first-order valence-corrected chi connectivity index (χ1v) is 15.6. The third-order valence-electron chi connectivity index (χ3n) is 10.3. The van der Waals surface area contributed by atoms with Crippen LogP contribution >= 0.6 is 0 Å². The average molecular weight is 713 g/mol. The maximum atomic E-state index is 14.7. The Morgan fingerprint density at radius 3 is 2.24 bits per heavy atom. The number of aryl methyl sites for hydroxylation is 1. The van der Waals surface area contributed by atoms with Gasteiger partial charge in [0.25, 0.3) is 0 Å². The number of carbonyl (C=O) groups excluding carboxylic acids is 4. The molecule has 51 heavy (non-hydrogen) atoms. The van der Waals surface area contributed by atoms with Gasteiger partial charge in [-0.15, -0.1) is 0 Å². The van der Waals surface area contributed by atoms with Crippen LogP contribution in [0.25, 0.3) is 0 Å². The zero-order chi connectivity index (χ0) is 37.5. The van der Waals surface area contributed by atoms with Gasteiger partial charge in [0.05, 0.1) is 36.1 Å². The van der Waals surface area contributed by atoms with Crippen LogP contribution in [0.4, 0.5) is 0 Å². The van der Waals surface area contributed by atoms with Crippen molar-refractivity contribution in [1.29, 1.82) is 0 Å². The van der Waals surface area contributed by atoms with E-state index < -0.39 is 128 Å². The van der Waals surface area contributed by atoms with E-state index in [-0.39, 0.29) is 16.8 Å². The molecule has 0 radical (unpaired) electrons. The van der Waals surface area contributed by atoms with E-state index in [1.807, 2.05) is 0 Å². The molecule has 3 aliphatic carbocycles. The van der Waals surface area contributed by atoms with Gasteiger partial charge in [-0.2, -0.15) is 0 Å². The quantitative estimate of drug-likeness (QED) is 0.116. The molecule has 17 heteroatoms. The van der Waals surface area contributed by atoms with Crippen LogP contribution in [0.1, 0.15) is 70.6 Å². The standard InChI is InChI=1S/C34H36N2O15/c1-11-7-13-8-18(37)34(50-6)30(43)21-15(29(42)33(34,45)22(13)25(40)19(11)32(44)49-5)9-14-20(24(21)39)16(36-46)10-17(23(14)38)35-31-28(48-4)26(41)27(47-3)12(2)51-31/h7,9-10,12,18,26-28,31,35,37,39-41,45-46H,8H2,1-6H3/t12-,18+,26+,27-,28+,31-,33-,34+/m0/s1. The fourth-order valence-corrected chi connectivity index (χ4v) is 7.94. The largest absolute Gasteiger partial charge is 0.507 e. The lowest BCUT2D eigenvalue weighted by atomic mass is 9.56. The van der Waals surface area contributed by atoms with Crippen molar-refractivity contribution in [3.05, 3.63) is 68.4 Å². The van der Waals surface area contributed by atoms with Gasteiger partial charge >= 0.3 is 5.97 Å². The molecule has 6 rings (SSSR count). The first-order valence-electron chi connectivity index (χ1n) is 15.6. The highest BCUT2D eigenvalue weighted by atomic mass is 16.6. The molecule has 0 bridgehead atoms. The van der Waals surface area contributed by atoms with E-state index in [4.69, 9.17) is 23.7 Å². The molecule has 0 spiro atoms. The van der Waals surface area contributed by atoms with Crippen LogP contribution in [0.3, 0.4) is 0 Å². The fourth-order valence-electron chi connectivity index (χ4n) is 7.94. The molecule has 7 N–H and O–H groups in total. The summed E-state index contributed by atoms with van der Waals surface area (Å²) in [6, 6.07) is 2.23. The molecule has 1 heterocycles. The third-order valence-corrected chi connectivity index (χ3v) is 10.3. The normalized spacial score (nSPS) is 32.1. The van der Waals surface area contributed by atoms with E-state index in [1.54, 1.807) is 6.92 Å². The Morgan fingerprint density at radius 2 is 1.65 bits per heavy atom. The summed E-state index contributed by atoms with van der Waals surface area (Å²) >= 11 is 0. The Balaban J connectivity index is 1.54. The summed E-state index contributed by atoms with van der Waals surface area (Å²) in [4.78, 5) is 55.9. The number of ketones is 3. The van der Waals surface area contributed by atoms with Crippen molar-refractivity contribution in [2.75, 3.05) is 28.4 Å². The highest BCUT2D eigenvalue weighted by molar-refractivity contribution is 6.31. The number of nitrogens with zero attached hydrogens (tertiary/aromatic N) is 1. The van der Waals surface area contributed by atoms with Crippen LogP contribution in [0.2, 0.25) is 0 Å². The number of Topliss-reactive ketones (excluding diaryl/α,β-unsaturated/α-hetero) is 3. The van der Waals surface area contributed by atoms with Crippen LogP contribution in [-0.4, -0.2) is 131 Å². The van der Waals surface area contributed by atoms with Crippen molar-refractivity contribution in [3.8, 4) is 11.5 Å². The number of allylic oxidation sites excluding steroid dienone is 2. The van der Waals surface area contributed by atoms with Gasteiger partial charge in [0.2, 0.25) is 17.3 Å². The van der Waals surface area contributed by atoms with Crippen LogP contribution < -0.4 is 5.32 Å². The summed E-state index contributed by atoms with van der Waals surface area (Å²) in [5, 5.41) is 73.9. The van der Waals surface area contributed by atoms with Crippen molar-refractivity contribution >= 4 is 29.0 Å². The average Bonchev–Trinajstić information content (AvgIpc) is 3.08. The number of carbonyl (C=O) groups is 4. The van der Waals surface area contributed by atoms with Gasteiger partial charge in [0, 0.05) is 44.4 Å². The van der Waals surface area contributed by atoms with Crippen molar-refractivity contribution in [2.45, 2.75) is 68.2 Å². The first-order chi connectivity index (χ1) is 24.1. The highest BCUT2D eigenvalue weighted by Crippen LogP contribution is 2.56. The monoisotopic (exact) mass is 712 g/mol. The Morgan fingerprint density at radius 1 is 0.980 bits per heavy atom. The van der Waals surface area contributed by atoms with Gasteiger partial charge in [-0.3, -0.25) is 14.4 Å². The first kappa shape index (κ1) is 36.1. The molecule has 2 aromatic rings. The van der Waals surface area contributed by atoms with Crippen molar-refractivity contribution in [1.82, 2.24) is 5.32 Å². The summed E-state index contributed by atoms with van der Waals surface area (Å²) in [6.45, 7) is 3.07. The number of benzene rings is 2. The number of aliphatic hydroxyl groups excluding tert-OH is 2. The summed E-state index contributed by atoms with van der Waals surface area (Å²) < 4.78 is 26.9.